The van der Waals surface area contributed by atoms with E-state index in [-0.39, 0.29) is 5.41 Å². The molecule has 2 aliphatic carbocycles. The average molecular weight is 323 g/mol. The molecule has 0 amide bonds. The molecule has 4 rings (SSSR count). The van der Waals surface area contributed by atoms with Crippen molar-refractivity contribution in [2.24, 2.45) is 5.41 Å². The van der Waals surface area contributed by atoms with Crippen molar-refractivity contribution >= 4 is 5.82 Å². The predicted octanol–water partition coefficient (Wildman–Crippen LogP) is 3.59. The number of fused-ring (bicyclic) bond motifs is 1. The number of benzene rings is 1. The minimum atomic E-state index is -0.412. The molecular weight excluding hydrogens is 298 g/mol. The highest BCUT2D eigenvalue weighted by Crippen LogP contribution is 2.54. The molecule has 1 unspecified atom stereocenters. The molecule has 0 aliphatic heterocycles. The predicted molar refractivity (Wildman–Crippen MR) is 95.0 cm³/mol. The number of nitrogens with one attached hydrogen (secondary N) is 1. The maximum Gasteiger partial charge on any atom is 0.133 e. The van der Waals surface area contributed by atoms with Crippen molar-refractivity contribution in [3.8, 4) is 0 Å². The molecule has 1 fully saturated rings. The van der Waals surface area contributed by atoms with E-state index in [9.17, 15) is 5.11 Å². The van der Waals surface area contributed by atoms with E-state index in [4.69, 9.17) is 0 Å². The molecule has 2 aliphatic rings. The Morgan fingerprint density at radius 3 is 2.62 bits per heavy atom. The Labute approximate surface area is 143 Å². The van der Waals surface area contributed by atoms with Crippen LogP contribution in [0.25, 0.3) is 0 Å². The van der Waals surface area contributed by atoms with Gasteiger partial charge in [0.05, 0.1) is 6.10 Å². The summed E-state index contributed by atoms with van der Waals surface area (Å²) in [5.74, 6) is 1.83. The van der Waals surface area contributed by atoms with Crippen LogP contribution in [0.2, 0.25) is 0 Å². The van der Waals surface area contributed by atoms with Crippen LogP contribution in [0.15, 0.2) is 30.3 Å². The van der Waals surface area contributed by atoms with E-state index in [2.05, 4.69) is 15.3 Å². The fraction of sp³-hybridized carbons (Fsp3) is 0.500. The Morgan fingerprint density at radius 2 is 1.88 bits per heavy atom. The maximum absolute atomic E-state index is 10.8. The summed E-state index contributed by atoms with van der Waals surface area (Å²) in [5.41, 5.74) is 3.46. The lowest BCUT2D eigenvalue weighted by Crippen LogP contribution is -2.25. The number of anilines is 1. The van der Waals surface area contributed by atoms with Gasteiger partial charge < -0.3 is 10.4 Å². The number of aryl methyl sites for hydroxylation is 2. The normalized spacial score (nSPS) is 19.4. The van der Waals surface area contributed by atoms with Gasteiger partial charge in [0, 0.05) is 23.2 Å². The molecule has 0 spiro atoms. The van der Waals surface area contributed by atoms with Crippen LogP contribution < -0.4 is 5.32 Å². The van der Waals surface area contributed by atoms with Crippen LogP contribution in [-0.4, -0.2) is 21.6 Å². The number of aliphatic hydroxyl groups is 1. The Hall–Kier alpha value is -1.94. The van der Waals surface area contributed by atoms with Gasteiger partial charge in [-0.05, 0) is 51.0 Å². The lowest BCUT2D eigenvalue weighted by molar-refractivity contribution is 0.0999. The van der Waals surface area contributed by atoms with Gasteiger partial charge >= 0.3 is 0 Å². The Balaban J connectivity index is 1.52. The quantitative estimate of drug-likeness (QED) is 0.883. The molecule has 1 atom stereocenters. The summed E-state index contributed by atoms with van der Waals surface area (Å²) in [6.07, 6.45) is 6.26. The van der Waals surface area contributed by atoms with E-state index >= 15 is 0 Å². The molecule has 2 N–H and O–H groups in total. The van der Waals surface area contributed by atoms with Crippen LogP contribution in [-0.2, 0) is 12.8 Å². The van der Waals surface area contributed by atoms with Gasteiger partial charge in [0.15, 0.2) is 0 Å². The number of hydrogen-bond donors (Lipinski definition) is 2. The topological polar surface area (TPSA) is 58.0 Å². The van der Waals surface area contributed by atoms with E-state index in [0.717, 1.165) is 49.4 Å². The van der Waals surface area contributed by atoms with Crippen molar-refractivity contribution < 1.29 is 5.11 Å². The highest BCUT2D eigenvalue weighted by Gasteiger charge is 2.49. The van der Waals surface area contributed by atoms with Crippen LogP contribution in [0.1, 0.15) is 54.4 Å². The molecule has 1 aromatic carbocycles. The van der Waals surface area contributed by atoms with Crippen molar-refractivity contribution in [1.29, 1.82) is 0 Å². The zero-order valence-electron chi connectivity index (χ0n) is 14.3. The minimum Gasteiger partial charge on any atom is -0.388 e. The smallest absolute Gasteiger partial charge is 0.133 e. The number of aliphatic hydroxyl groups excluding tert-OH is 1. The summed E-state index contributed by atoms with van der Waals surface area (Å²) in [4.78, 5) is 9.26. The lowest BCUT2D eigenvalue weighted by Gasteiger charge is -2.25. The number of hydrogen-bond acceptors (Lipinski definition) is 4. The fourth-order valence-electron chi connectivity index (χ4n) is 3.82. The van der Waals surface area contributed by atoms with Gasteiger partial charge in [0.25, 0.3) is 0 Å². The molecule has 1 aromatic heterocycles. The third-order valence-corrected chi connectivity index (χ3v) is 5.49. The van der Waals surface area contributed by atoms with Gasteiger partial charge in [-0.15, -0.1) is 0 Å². The van der Waals surface area contributed by atoms with Gasteiger partial charge in [-0.3, -0.25) is 0 Å². The molecule has 1 saturated carbocycles. The summed E-state index contributed by atoms with van der Waals surface area (Å²) >= 11 is 0. The lowest BCUT2D eigenvalue weighted by atomic mass is 9.92. The third kappa shape index (κ3) is 2.91. The van der Waals surface area contributed by atoms with E-state index in [1.54, 1.807) is 0 Å². The summed E-state index contributed by atoms with van der Waals surface area (Å²) in [5, 5.41) is 14.4. The first-order chi connectivity index (χ1) is 11.7. The number of nitrogens with zero attached hydrogens (tertiary/aromatic N) is 2. The molecule has 0 saturated heterocycles. The zero-order chi connectivity index (χ0) is 16.6. The van der Waals surface area contributed by atoms with E-state index < -0.39 is 6.10 Å². The van der Waals surface area contributed by atoms with Gasteiger partial charge in [0.1, 0.15) is 11.6 Å². The van der Waals surface area contributed by atoms with E-state index in [1.165, 1.54) is 24.1 Å². The van der Waals surface area contributed by atoms with Crippen molar-refractivity contribution in [2.45, 2.75) is 51.6 Å². The van der Waals surface area contributed by atoms with Crippen molar-refractivity contribution in [3.05, 3.63) is 53.0 Å². The van der Waals surface area contributed by atoms with Crippen molar-refractivity contribution in [1.82, 2.24) is 9.97 Å². The van der Waals surface area contributed by atoms with Crippen LogP contribution in [0.4, 0.5) is 5.82 Å². The van der Waals surface area contributed by atoms with E-state index in [0.29, 0.717) is 0 Å². The molecule has 4 heteroatoms. The van der Waals surface area contributed by atoms with Gasteiger partial charge in [0.2, 0.25) is 0 Å². The van der Waals surface area contributed by atoms with Crippen molar-refractivity contribution in [3.63, 3.8) is 0 Å². The first kappa shape index (κ1) is 15.6. The van der Waals surface area contributed by atoms with Crippen LogP contribution >= 0.6 is 0 Å². The highest BCUT2D eigenvalue weighted by molar-refractivity contribution is 5.48. The third-order valence-electron chi connectivity index (χ3n) is 5.49. The van der Waals surface area contributed by atoms with Gasteiger partial charge in [-0.25, -0.2) is 9.97 Å². The van der Waals surface area contributed by atoms with Crippen LogP contribution in [0.3, 0.4) is 0 Å². The molecule has 126 valence electrons. The minimum absolute atomic E-state index is 0.0538. The molecule has 24 heavy (non-hydrogen) atoms. The molecule has 0 radical (unpaired) electrons. The Morgan fingerprint density at radius 1 is 1.12 bits per heavy atom. The largest absolute Gasteiger partial charge is 0.388 e. The Kier molecular flexibility index (Phi) is 4.01. The Bertz CT molecular complexity index is 725. The van der Waals surface area contributed by atoms with Gasteiger partial charge in [-0.2, -0.15) is 0 Å². The summed E-state index contributed by atoms with van der Waals surface area (Å²) in [6, 6.07) is 10.0. The number of rotatable bonds is 5. The van der Waals surface area contributed by atoms with Crippen LogP contribution in [0, 0.1) is 12.3 Å². The summed E-state index contributed by atoms with van der Waals surface area (Å²) in [6.45, 7) is 2.73. The average Bonchev–Trinajstić information content (AvgIpc) is 3.41. The fourth-order valence-corrected chi connectivity index (χ4v) is 3.82. The summed E-state index contributed by atoms with van der Waals surface area (Å²) < 4.78 is 0. The second-order valence-corrected chi connectivity index (χ2v) is 7.28. The maximum atomic E-state index is 10.8. The molecule has 1 heterocycles. The van der Waals surface area contributed by atoms with Gasteiger partial charge in [-0.1, -0.05) is 30.3 Å². The standard InChI is InChI=1S/C20H25N3O/c1-14-22-17-10-6-5-9-16(17)19(23-14)21-13-20(11-12-20)18(24)15-7-3-2-4-8-15/h2-4,7-8,18,24H,5-6,9-13H2,1H3,(H,21,22,23). The number of aromatic nitrogens is 2. The molecule has 2 aromatic rings. The monoisotopic (exact) mass is 323 g/mol. The molecule has 4 nitrogen and oxygen atoms in total. The zero-order valence-corrected chi connectivity index (χ0v) is 14.3. The second kappa shape index (κ2) is 6.17. The SMILES string of the molecule is Cc1nc2c(c(NCC3(C(O)c4ccccc4)CC3)n1)CCCC2. The molecule has 0 bridgehead atoms. The van der Waals surface area contributed by atoms with Crippen LogP contribution in [0.5, 0.6) is 0 Å². The first-order valence-electron chi connectivity index (χ1n) is 9.01. The van der Waals surface area contributed by atoms with Crippen molar-refractivity contribution in [2.75, 3.05) is 11.9 Å². The first-order valence-corrected chi connectivity index (χ1v) is 9.01. The molecular formula is C20H25N3O. The second-order valence-electron chi connectivity index (χ2n) is 7.28. The summed E-state index contributed by atoms with van der Waals surface area (Å²) in [7, 11) is 0. The van der Waals surface area contributed by atoms with E-state index in [1.807, 2.05) is 37.3 Å². The highest BCUT2D eigenvalue weighted by atomic mass is 16.3.